The molecule has 1 N–H and O–H groups in total. The summed E-state index contributed by atoms with van der Waals surface area (Å²) in [4.78, 5) is 12.1. The van der Waals surface area contributed by atoms with Crippen LogP contribution in [0.1, 0.15) is 5.56 Å². The summed E-state index contributed by atoms with van der Waals surface area (Å²) in [6.07, 6.45) is 8.23. The second kappa shape index (κ2) is 6.26. The van der Waals surface area contributed by atoms with Crippen LogP contribution in [-0.2, 0) is 6.54 Å². The molecule has 0 bridgehead atoms. The zero-order valence-corrected chi connectivity index (χ0v) is 11.5. The maximum atomic E-state index is 13.2. The Morgan fingerprint density at radius 3 is 2.36 bits per heavy atom. The molecule has 22 heavy (non-hydrogen) atoms. The molecule has 6 heteroatoms. The van der Waals surface area contributed by atoms with Gasteiger partial charge in [0.1, 0.15) is 6.33 Å². The average molecular weight is 298 g/mol. The van der Waals surface area contributed by atoms with E-state index < -0.39 is 11.6 Å². The van der Waals surface area contributed by atoms with Crippen molar-refractivity contribution in [1.29, 1.82) is 0 Å². The standard InChI is InChI=1S/C16H12F2N4/c17-15-2-1-11(3-16(15)18)5-22-14-4-12(6-19-9-14)13-7-20-10-21-8-13/h1-4,6-10,22H,5H2. The van der Waals surface area contributed by atoms with Gasteiger partial charge in [-0.25, -0.2) is 18.7 Å². The molecular formula is C16H12F2N4. The summed E-state index contributed by atoms with van der Waals surface area (Å²) in [6, 6.07) is 5.71. The highest BCUT2D eigenvalue weighted by Crippen LogP contribution is 2.20. The van der Waals surface area contributed by atoms with Gasteiger partial charge < -0.3 is 5.32 Å². The third-order valence-electron chi connectivity index (χ3n) is 3.11. The Labute approximate surface area is 125 Å². The van der Waals surface area contributed by atoms with E-state index in [9.17, 15) is 8.78 Å². The Morgan fingerprint density at radius 2 is 1.59 bits per heavy atom. The largest absolute Gasteiger partial charge is 0.380 e. The molecule has 0 fully saturated rings. The smallest absolute Gasteiger partial charge is 0.159 e. The van der Waals surface area contributed by atoms with Gasteiger partial charge in [0, 0.05) is 42.5 Å². The molecule has 2 aromatic heterocycles. The molecule has 3 rings (SSSR count). The summed E-state index contributed by atoms with van der Waals surface area (Å²) in [5, 5.41) is 3.13. The molecule has 0 spiro atoms. The van der Waals surface area contributed by atoms with Gasteiger partial charge in [0.25, 0.3) is 0 Å². The third-order valence-corrected chi connectivity index (χ3v) is 3.11. The Morgan fingerprint density at radius 1 is 0.818 bits per heavy atom. The maximum Gasteiger partial charge on any atom is 0.159 e. The molecule has 4 nitrogen and oxygen atoms in total. The van der Waals surface area contributed by atoms with Gasteiger partial charge in [-0.1, -0.05) is 6.07 Å². The number of halogens is 2. The summed E-state index contributed by atoms with van der Waals surface area (Å²) in [5.41, 5.74) is 3.14. The van der Waals surface area contributed by atoms with Crippen LogP contribution in [0.3, 0.4) is 0 Å². The van der Waals surface area contributed by atoms with Gasteiger partial charge in [-0.15, -0.1) is 0 Å². The highest BCUT2D eigenvalue weighted by atomic mass is 19.2. The first kappa shape index (κ1) is 14.1. The predicted octanol–water partition coefficient (Wildman–Crippen LogP) is 3.43. The molecule has 0 radical (unpaired) electrons. The lowest BCUT2D eigenvalue weighted by molar-refractivity contribution is 0.507. The van der Waals surface area contributed by atoms with Crippen LogP contribution < -0.4 is 5.32 Å². The monoisotopic (exact) mass is 298 g/mol. The van der Waals surface area contributed by atoms with E-state index in [0.717, 1.165) is 22.9 Å². The zero-order valence-electron chi connectivity index (χ0n) is 11.5. The Hall–Kier alpha value is -2.89. The number of pyridine rings is 1. The van der Waals surface area contributed by atoms with E-state index in [2.05, 4.69) is 20.3 Å². The second-order valence-corrected chi connectivity index (χ2v) is 4.69. The Balaban J connectivity index is 1.74. The van der Waals surface area contributed by atoms with E-state index >= 15 is 0 Å². The van der Waals surface area contributed by atoms with Gasteiger partial charge >= 0.3 is 0 Å². The zero-order chi connectivity index (χ0) is 15.4. The molecule has 0 amide bonds. The predicted molar refractivity (Wildman–Crippen MR) is 78.9 cm³/mol. The van der Waals surface area contributed by atoms with Crippen LogP contribution in [0.5, 0.6) is 0 Å². The first-order valence-electron chi connectivity index (χ1n) is 6.60. The topological polar surface area (TPSA) is 50.7 Å². The molecule has 1 aromatic carbocycles. The minimum absolute atomic E-state index is 0.369. The Kier molecular flexibility index (Phi) is 4.00. The number of nitrogens with one attached hydrogen (secondary N) is 1. The van der Waals surface area contributed by atoms with E-state index in [1.807, 2.05) is 6.07 Å². The van der Waals surface area contributed by atoms with E-state index in [4.69, 9.17) is 0 Å². The minimum Gasteiger partial charge on any atom is -0.380 e. The van der Waals surface area contributed by atoms with Crippen LogP contribution in [0.25, 0.3) is 11.1 Å². The van der Waals surface area contributed by atoms with Crippen LogP contribution >= 0.6 is 0 Å². The van der Waals surface area contributed by atoms with Crippen LogP contribution in [0.4, 0.5) is 14.5 Å². The molecular weight excluding hydrogens is 286 g/mol. The second-order valence-electron chi connectivity index (χ2n) is 4.69. The fraction of sp³-hybridized carbons (Fsp3) is 0.0625. The SMILES string of the molecule is Fc1ccc(CNc2cncc(-c3cncnc3)c2)cc1F. The number of hydrogen-bond donors (Lipinski definition) is 1. The van der Waals surface area contributed by atoms with Crippen molar-refractivity contribution in [2.45, 2.75) is 6.54 Å². The number of rotatable bonds is 4. The number of benzene rings is 1. The summed E-state index contributed by atoms with van der Waals surface area (Å²) >= 11 is 0. The molecule has 3 aromatic rings. The summed E-state index contributed by atoms with van der Waals surface area (Å²) < 4.78 is 26.0. The lowest BCUT2D eigenvalue weighted by Gasteiger charge is -2.08. The van der Waals surface area contributed by atoms with Gasteiger partial charge in [0.15, 0.2) is 11.6 Å². The maximum absolute atomic E-state index is 13.2. The van der Waals surface area contributed by atoms with Crippen molar-refractivity contribution in [1.82, 2.24) is 15.0 Å². The fourth-order valence-corrected chi connectivity index (χ4v) is 2.00. The van der Waals surface area contributed by atoms with Crippen molar-refractivity contribution in [2.24, 2.45) is 0 Å². The number of anilines is 1. The van der Waals surface area contributed by atoms with Crippen molar-refractivity contribution in [2.75, 3.05) is 5.32 Å². The highest BCUT2D eigenvalue weighted by molar-refractivity contribution is 5.65. The van der Waals surface area contributed by atoms with Crippen LogP contribution in [0.2, 0.25) is 0 Å². The summed E-state index contributed by atoms with van der Waals surface area (Å²) in [6.45, 7) is 0.369. The summed E-state index contributed by atoms with van der Waals surface area (Å²) in [7, 11) is 0. The van der Waals surface area contributed by atoms with E-state index in [-0.39, 0.29) is 0 Å². The van der Waals surface area contributed by atoms with Crippen LogP contribution in [0, 0.1) is 11.6 Å². The van der Waals surface area contributed by atoms with Crippen molar-refractivity contribution in [3.05, 3.63) is 72.6 Å². The highest BCUT2D eigenvalue weighted by Gasteiger charge is 2.04. The molecule has 0 aliphatic heterocycles. The van der Waals surface area contributed by atoms with Gasteiger partial charge in [-0.05, 0) is 23.8 Å². The molecule has 0 aliphatic rings. The van der Waals surface area contributed by atoms with Crippen molar-refractivity contribution in [3.8, 4) is 11.1 Å². The van der Waals surface area contributed by atoms with Gasteiger partial charge in [-0.2, -0.15) is 0 Å². The summed E-state index contributed by atoms with van der Waals surface area (Å²) in [5.74, 6) is -1.70. The fourth-order valence-electron chi connectivity index (χ4n) is 2.00. The molecule has 0 aliphatic carbocycles. The lowest BCUT2D eigenvalue weighted by Crippen LogP contribution is -2.01. The molecule has 0 unspecified atom stereocenters. The molecule has 2 heterocycles. The molecule has 0 saturated carbocycles. The van der Waals surface area contributed by atoms with Crippen molar-refractivity contribution < 1.29 is 8.78 Å². The van der Waals surface area contributed by atoms with Crippen molar-refractivity contribution >= 4 is 5.69 Å². The molecule has 0 atom stereocenters. The first-order chi connectivity index (χ1) is 10.7. The molecule has 110 valence electrons. The molecule has 0 saturated heterocycles. The van der Waals surface area contributed by atoms with Gasteiger partial charge in [0.05, 0.1) is 5.69 Å². The van der Waals surface area contributed by atoms with E-state index in [0.29, 0.717) is 12.1 Å². The quantitative estimate of drug-likeness (QED) is 0.801. The average Bonchev–Trinajstić information content (AvgIpc) is 2.57. The van der Waals surface area contributed by atoms with E-state index in [1.54, 1.807) is 24.8 Å². The first-order valence-corrected chi connectivity index (χ1v) is 6.60. The van der Waals surface area contributed by atoms with Gasteiger partial charge in [-0.3, -0.25) is 4.98 Å². The number of hydrogen-bond acceptors (Lipinski definition) is 4. The van der Waals surface area contributed by atoms with Gasteiger partial charge in [0.2, 0.25) is 0 Å². The third kappa shape index (κ3) is 3.22. The Bertz CT molecular complexity index is 778. The number of aromatic nitrogens is 3. The minimum atomic E-state index is -0.854. The number of nitrogens with zero attached hydrogens (tertiary/aromatic N) is 3. The van der Waals surface area contributed by atoms with E-state index in [1.165, 1.54) is 18.5 Å². The van der Waals surface area contributed by atoms with Crippen LogP contribution in [-0.4, -0.2) is 15.0 Å². The lowest BCUT2D eigenvalue weighted by atomic mass is 10.1. The van der Waals surface area contributed by atoms with Crippen LogP contribution in [0.15, 0.2) is 55.4 Å². The normalized spacial score (nSPS) is 10.5. The van der Waals surface area contributed by atoms with Crippen molar-refractivity contribution in [3.63, 3.8) is 0 Å².